The van der Waals surface area contributed by atoms with Crippen LogP contribution < -0.4 is 5.73 Å². The van der Waals surface area contributed by atoms with Gasteiger partial charge < -0.3 is 5.73 Å². The quantitative estimate of drug-likeness (QED) is 0.806. The van der Waals surface area contributed by atoms with E-state index >= 15 is 0 Å². The van der Waals surface area contributed by atoms with E-state index in [9.17, 15) is 13.2 Å². The molecule has 0 aromatic carbocycles. The summed E-state index contributed by atoms with van der Waals surface area (Å²) in [4.78, 5) is 6.63. The number of aromatic nitrogens is 4. The van der Waals surface area contributed by atoms with Gasteiger partial charge in [0.2, 0.25) is 5.82 Å². The maximum atomic E-state index is 12.4. The molecule has 0 radical (unpaired) electrons. The van der Waals surface area contributed by atoms with Crippen molar-refractivity contribution in [2.24, 2.45) is 0 Å². The molecule has 16 heavy (non-hydrogen) atoms. The van der Waals surface area contributed by atoms with Gasteiger partial charge in [-0.25, -0.2) is 14.6 Å². The van der Waals surface area contributed by atoms with E-state index in [1.807, 2.05) is 0 Å². The Morgan fingerprint density at radius 2 is 2.06 bits per heavy atom. The average Bonchev–Trinajstić information content (AvgIpc) is 2.59. The van der Waals surface area contributed by atoms with E-state index in [1.165, 1.54) is 10.9 Å². The fourth-order valence-electron chi connectivity index (χ4n) is 1.34. The summed E-state index contributed by atoms with van der Waals surface area (Å²) in [6.07, 6.45) is -3.25. The zero-order chi connectivity index (χ0) is 11.9. The van der Waals surface area contributed by atoms with Crippen molar-refractivity contribution in [2.75, 3.05) is 5.73 Å². The Labute approximate surface area is 88.1 Å². The molecule has 2 aromatic rings. The summed E-state index contributed by atoms with van der Waals surface area (Å²) in [5.41, 5.74) is 5.52. The Bertz CT molecular complexity index is 530. The van der Waals surface area contributed by atoms with Crippen molar-refractivity contribution >= 4 is 16.9 Å². The third-order valence-electron chi connectivity index (χ3n) is 2.08. The minimum Gasteiger partial charge on any atom is -0.383 e. The Balaban J connectivity index is 2.73. The molecule has 0 saturated carbocycles. The van der Waals surface area contributed by atoms with Gasteiger partial charge in [0.25, 0.3) is 0 Å². The number of halogens is 3. The Kier molecular flexibility index (Phi) is 2.21. The van der Waals surface area contributed by atoms with E-state index in [4.69, 9.17) is 5.73 Å². The molecule has 2 heterocycles. The third-order valence-corrected chi connectivity index (χ3v) is 2.08. The second-order valence-corrected chi connectivity index (χ2v) is 3.13. The van der Waals surface area contributed by atoms with Crippen LogP contribution in [-0.4, -0.2) is 19.7 Å². The van der Waals surface area contributed by atoms with Gasteiger partial charge in [-0.2, -0.15) is 18.3 Å². The van der Waals surface area contributed by atoms with Crippen molar-refractivity contribution in [3.63, 3.8) is 0 Å². The Hall–Kier alpha value is -1.86. The second-order valence-electron chi connectivity index (χ2n) is 3.13. The topological polar surface area (TPSA) is 69.6 Å². The van der Waals surface area contributed by atoms with Crippen LogP contribution in [0.5, 0.6) is 0 Å². The smallest absolute Gasteiger partial charge is 0.383 e. The summed E-state index contributed by atoms with van der Waals surface area (Å²) in [6, 6.07) is 0. The van der Waals surface area contributed by atoms with Gasteiger partial charge in [0.05, 0.1) is 11.6 Å². The number of fused-ring (bicyclic) bond motifs is 1. The number of anilines is 1. The maximum Gasteiger partial charge on any atom is 0.451 e. The van der Waals surface area contributed by atoms with Crippen molar-refractivity contribution in [1.29, 1.82) is 0 Å². The van der Waals surface area contributed by atoms with Crippen molar-refractivity contribution in [3.8, 4) is 0 Å². The first kappa shape index (κ1) is 10.7. The highest BCUT2D eigenvalue weighted by Crippen LogP contribution is 2.29. The summed E-state index contributed by atoms with van der Waals surface area (Å²) in [5.74, 6) is -1.45. The van der Waals surface area contributed by atoms with Gasteiger partial charge in [0, 0.05) is 6.54 Å². The SMILES string of the molecule is CCn1ncc2c(N)nc(C(F)(F)F)nc21. The monoisotopic (exact) mass is 231 g/mol. The molecule has 0 aliphatic carbocycles. The number of aryl methyl sites for hydroxylation is 1. The van der Waals surface area contributed by atoms with E-state index in [-0.39, 0.29) is 11.5 Å². The number of hydrogen-bond donors (Lipinski definition) is 1. The largest absolute Gasteiger partial charge is 0.451 e. The van der Waals surface area contributed by atoms with Gasteiger partial charge in [-0.1, -0.05) is 0 Å². The molecule has 0 bridgehead atoms. The minimum atomic E-state index is -4.61. The molecule has 8 heteroatoms. The second kappa shape index (κ2) is 3.32. The fraction of sp³-hybridized carbons (Fsp3) is 0.375. The highest BCUT2D eigenvalue weighted by atomic mass is 19.4. The molecule has 0 unspecified atom stereocenters. The first-order valence-corrected chi connectivity index (χ1v) is 4.49. The van der Waals surface area contributed by atoms with Crippen LogP contribution in [0, 0.1) is 0 Å². The van der Waals surface area contributed by atoms with Gasteiger partial charge >= 0.3 is 6.18 Å². The molecule has 86 valence electrons. The molecule has 0 spiro atoms. The van der Waals surface area contributed by atoms with Gasteiger partial charge in [0.1, 0.15) is 5.82 Å². The molecule has 0 aliphatic rings. The lowest BCUT2D eigenvalue weighted by atomic mass is 10.4. The lowest BCUT2D eigenvalue weighted by Crippen LogP contribution is -2.13. The summed E-state index contributed by atoms with van der Waals surface area (Å²) in [5, 5.41) is 4.19. The summed E-state index contributed by atoms with van der Waals surface area (Å²) in [6.45, 7) is 2.16. The van der Waals surface area contributed by atoms with Crippen LogP contribution >= 0.6 is 0 Å². The van der Waals surface area contributed by atoms with Crippen LogP contribution in [0.2, 0.25) is 0 Å². The number of alkyl halides is 3. The number of nitrogens with two attached hydrogens (primary N) is 1. The summed E-state index contributed by atoms with van der Waals surface area (Å²) >= 11 is 0. The molecule has 0 atom stereocenters. The van der Waals surface area contributed by atoms with Gasteiger partial charge in [-0.3, -0.25) is 0 Å². The van der Waals surface area contributed by atoms with Crippen LogP contribution in [0.15, 0.2) is 6.20 Å². The van der Waals surface area contributed by atoms with Crippen LogP contribution in [0.1, 0.15) is 12.7 Å². The van der Waals surface area contributed by atoms with Crippen molar-refractivity contribution in [2.45, 2.75) is 19.6 Å². The molecular weight excluding hydrogens is 223 g/mol. The molecule has 2 N–H and O–H groups in total. The summed E-state index contributed by atoms with van der Waals surface area (Å²) < 4.78 is 38.6. The molecule has 0 aliphatic heterocycles. The van der Waals surface area contributed by atoms with Crippen molar-refractivity contribution in [3.05, 3.63) is 12.0 Å². The van der Waals surface area contributed by atoms with Gasteiger partial charge in [-0.15, -0.1) is 0 Å². The summed E-state index contributed by atoms with van der Waals surface area (Å²) in [7, 11) is 0. The van der Waals surface area contributed by atoms with E-state index in [1.54, 1.807) is 6.92 Å². The highest BCUT2D eigenvalue weighted by molar-refractivity contribution is 5.85. The normalized spacial score (nSPS) is 12.2. The van der Waals surface area contributed by atoms with E-state index < -0.39 is 12.0 Å². The predicted octanol–water partition coefficient (Wildman–Crippen LogP) is 1.45. The van der Waals surface area contributed by atoms with Crippen LogP contribution in [0.4, 0.5) is 19.0 Å². The fourth-order valence-corrected chi connectivity index (χ4v) is 1.34. The lowest BCUT2D eigenvalue weighted by molar-refractivity contribution is -0.144. The standard InChI is InChI=1S/C8H8F3N5/c1-2-16-6-4(3-13-16)5(12)14-7(15-6)8(9,10)11/h3H,2H2,1H3,(H2,12,14,15). The maximum absolute atomic E-state index is 12.4. The predicted molar refractivity (Wildman–Crippen MR) is 50.4 cm³/mol. The molecule has 0 saturated heterocycles. The van der Waals surface area contributed by atoms with Gasteiger partial charge in [0.15, 0.2) is 5.65 Å². The van der Waals surface area contributed by atoms with Crippen LogP contribution in [0.3, 0.4) is 0 Å². The molecular formula is C8H8F3N5. The van der Waals surface area contributed by atoms with Gasteiger partial charge in [-0.05, 0) is 6.92 Å². The Morgan fingerprint density at radius 1 is 1.38 bits per heavy atom. The molecule has 5 nitrogen and oxygen atoms in total. The number of nitrogens with zero attached hydrogens (tertiary/aromatic N) is 4. The molecule has 0 amide bonds. The average molecular weight is 231 g/mol. The molecule has 2 aromatic heterocycles. The number of hydrogen-bond acceptors (Lipinski definition) is 4. The zero-order valence-corrected chi connectivity index (χ0v) is 8.28. The third kappa shape index (κ3) is 1.55. The Morgan fingerprint density at radius 3 is 2.62 bits per heavy atom. The van der Waals surface area contributed by atoms with Crippen LogP contribution in [0.25, 0.3) is 11.0 Å². The van der Waals surface area contributed by atoms with E-state index in [0.29, 0.717) is 11.9 Å². The van der Waals surface area contributed by atoms with E-state index in [0.717, 1.165) is 0 Å². The highest BCUT2D eigenvalue weighted by Gasteiger charge is 2.35. The lowest BCUT2D eigenvalue weighted by Gasteiger charge is -2.06. The number of rotatable bonds is 1. The van der Waals surface area contributed by atoms with Crippen LogP contribution in [-0.2, 0) is 12.7 Å². The minimum absolute atomic E-state index is 0.0994. The molecule has 2 rings (SSSR count). The zero-order valence-electron chi connectivity index (χ0n) is 8.28. The van der Waals surface area contributed by atoms with E-state index in [2.05, 4.69) is 15.1 Å². The van der Waals surface area contributed by atoms with Crippen molar-refractivity contribution in [1.82, 2.24) is 19.7 Å². The number of nitrogen functional groups attached to an aromatic ring is 1. The first-order chi connectivity index (χ1) is 7.43. The van der Waals surface area contributed by atoms with Crippen molar-refractivity contribution < 1.29 is 13.2 Å². The first-order valence-electron chi connectivity index (χ1n) is 4.49. The molecule has 0 fully saturated rings.